The molecule has 0 atom stereocenters. The number of carbonyl (C=O) groups excluding carboxylic acids is 1. The number of halogens is 2. The highest BCUT2D eigenvalue weighted by Crippen LogP contribution is 2.20. The highest BCUT2D eigenvalue weighted by atomic mass is 35.5. The zero-order valence-electron chi connectivity index (χ0n) is 9.15. The molecule has 1 aromatic carbocycles. The molecule has 0 spiro atoms. The van der Waals surface area contributed by atoms with Crippen molar-refractivity contribution in [2.24, 2.45) is 0 Å². The van der Waals surface area contributed by atoms with Crippen LogP contribution in [0.2, 0.25) is 5.02 Å². The van der Waals surface area contributed by atoms with Gasteiger partial charge in [0.2, 0.25) is 0 Å². The topological polar surface area (TPSA) is 68.0 Å². The van der Waals surface area contributed by atoms with Gasteiger partial charge in [-0.25, -0.2) is 4.39 Å². The quantitative estimate of drug-likeness (QED) is 0.821. The molecule has 2 aromatic rings. The molecule has 18 heavy (non-hydrogen) atoms. The van der Waals surface area contributed by atoms with Crippen LogP contribution in [0.25, 0.3) is 0 Å². The summed E-state index contributed by atoms with van der Waals surface area (Å²) in [6.45, 7) is 0. The molecule has 6 heteroatoms. The first-order valence-corrected chi connectivity index (χ1v) is 5.41. The van der Waals surface area contributed by atoms with Gasteiger partial charge in [-0.15, -0.1) is 0 Å². The summed E-state index contributed by atoms with van der Waals surface area (Å²) in [7, 11) is 0. The van der Waals surface area contributed by atoms with Crippen LogP contribution in [0, 0.1) is 5.82 Å². The van der Waals surface area contributed by atoms with E-state index in [1.807, 2.05) is 0 Å². The van der Waals surface area contributed by atoms with Crippen molar-refractivity contribution < 1.29 is 9.18 Å². The number of nitrogens with two attached hydrogens (primary N) is 1. The molecule has 92 valence electrons. The molecule has 0 aliphatic rings. The lowest BCUT2D eigenvalue weighted by Crippen LogP contribution is -2.12. The van der Waals surface area contributed by atoms with Gasteiger partial charge < -0.3 is 11.1 Å². The fraction of sp³-hybridized carbons (Fsp3) is 0. The van der Waals surface area contributed by atoms with E-state index in [0.717, 1.165) is 6.20 Å². The van der Waals surface area contributed by atoms with Crippen LogP contribution in [0.4, 0.5) is 15.8 Å². The molecule has 0 aliphatic carbocycles. The fourth-order valence-electron chi connectivity index (χ4n) is 1.35. The van der Waals surface area contributed by atoms with Crippen molar-refractivity contribution in [3.8, 4) is 0 Å². The molecule has 0 radical (unpaired) electrons. The Hall–Kier alpha value is -2.14. The van der Waals surface area contributed by atoms with Crippen LogP contribution in [0.5, 0.6) is 0 Å². The maximum atomic E-state index is 12.9. The number of hydrogen-bond acceptors (Lipinski definition) is 3. The highest BCUT2D eigenvalue weighted by Gasteiger charge is 2.08. The summed E-state index contributed by atoms with van der Waals surface area (Å²) < 4.78 is 12.9. The number of nitrogen functional groups attached to an aromatic ring is 1. The van der Waals surface area contributed by atoms with Crippen LogP contribution >= 0.6 is 11.6 Å². The predicted molar refractivity (Wildman–Crippen MR) is 68.0 cm³/mol. The molecule has 1 heterocycles. The summed E-state index contributed by atoms with van der Waals surface area (Å²) in [4.78, 5) is 15.5. The van der Waals surface area contributed by atoms with Crippen LogP contribution in [-0.2, 0) is 0 Å². The van der Waals surface area contributed by atoms with E-state index in [9.17, 15) is 9.18 Å². The number of anilines is 2. The van der Waals surface area contributed by atoms with E-state index in [-0.39, 0.29) is 5.69 Å². The molecule has 1 aromatic heterocycles. The Labute approximate surface area is 108 Å². The molecule has 3 N–H and O–H groups in total. The molecule has 0 saturated heterocycles. The first-order chi connectivity index (χ1) is 8.56. The van der Waals surface area contributed by atoms with E-state index < -0.39 is 11.7 Å². The zero-order valence-corrected chi connectivity index (χ0v) is 9.91. The smallest absolute Gasteiger partial charge is 0.255 e. The average molecular weight is 266 g/mol. The maximum absolute atomic E-state index is 12.9. The third-order valence-electron chi connectivity index (χ3n) is 2.23. The summed E-state index contributed by atoms with van der Waals surface area (Å²) in [5.74, 6) is -0.938. The van der Waals surface area contributed by atoms with Crippen LogP contribution in [0.1, 0.15) is 10.4 Å². The lowest BCUT2D eigenvalue weighted by molar-refractivity contribution is 0.102. The number of carbonyl (C=O) groups is 1. The van der Waals surface area contributed by atoms with Crippen molar-refractivity contribution in [1.29, 1.82) is 0 Å². The summed E-state index contributed by atoms with van der Waals surface area (Å²) in [6, 6.07) is 5.67. The van der Waals surface area contributed by atoms with Gasteiger partial charge in [-0.3, -0.25) is 9.78 Å². The average Bonchev–Trinajstić information content (AvgIpc) is 2.32. The number of rotatable bonds is 2. The summed E-state index contributed by atoms with van der Waals surface area (Å²) >= 11 is 5.81. The summed E-state index contributed by atoms with van der Waals surface area (Å²) in [5, 5.41) is 2.80. The molecular weight excluding hydrogens is 257 g/mol. The number of pyridine rings is 1. The Morgan fingerprint density at radius 1 is 1.33 bits per heavy atom. The van der Waals surface area contributed by atoms with Gasteiger partial charge in [0.15, 0.2) is 0 Å². The molecule has 0 bridgehead atoms. The van der Waals surface area contributed by atoms with Gasteiger partial charge in [0.1, 0.15) is 5.82 Å². The van der Waals surface area contributed by atoms with Crippen molar-refractivity contribution >= 4 is 28.9 Å². The Morgan fingerprint density at radius 2 is 2.11 bits per heavy atom. The molecule has 0 unspecified atom stereocenters. The fourth-order valence-corrected chi connectivity index (χ4v) is 1.53. The maximum Gasteiger partial charge on any atom is 0.255 e. The van der Waals surface area contributed by atoms with Crippen molar-refractivity contribution in [2.75, 3.05) is 11.1 Å². The molecule has 0 fully saturated rings. The van der Waals surface area contributed by atoms with Crippen molar-refractivity contribution in [3.63, 3.8) is 0 Å². The van der Waals surface area contributed by atoms with E-state index in [4.69, 9.17) is 17.3 Å². The summed E-state index contributed by atoms with van der Waals surface area (Å²) in [5.41, 5.74) is 6.53. The molecule has 1 amide bonds. The van der Waals surface area contributed by atoms with E-state index in [1.165, 1.54) is 30.5 Å². The third-order valence-corrected chi connectivity index (χ3v) is 2.55. The normalized spacial score (nSPS) is 10.1. The molecule has 2 rings (SSSR count). The minimum absolute atomic E-state index is 0.271. The zero-order chi connectivity index (χ0) is 13.1. The molecule has 4 nitrogen and oxygen atoms in total. The lowest BCUT2D eigenvalue weighted by atomic mass is 10.2. The monoisotopic (exact) mass is 265 g/mol. The standard InChI is InChI=1S/C12H9ClFN3O/c13-10-3-7(1-2-11(10)15)12(18)17-9-4-8(14)5-16-6-9/h1-6H,15H2,(H,17,18). The van der Waals surface area contributed by atoms with Crippen LogP contribution in [0.3, 0.4) is 0 Å². The van der Waals surface area contributed by atoms with Crippen LogP contribution < -0.4 is 11.1 Å². The number of hydrogen-bond donors (Lipinski definition) is 2. The first-order valence-electron chi connectivity index (χ1n) is 5.03. The van der Waals surface area contributed by atoms with Gasteiger partial charge in [0.05, 0.1) is 28.8 Å². The largest absolute Gasteiger partial charge is 0.398 e. The second-order valence-corrected chi connectivity index (χ2v) is 3.99. The van der Waals surface area contributed by atoms with Gasteiger partial charge in [0, 0.05) is 11.6 Å². The van der Waals surface area contributed by atoms with Gasteiger partial charge in [0.25, 0.3) is 5.91 Å². The second kappa shape index (κ2) is 5.01. The van der Waals surface area contributed by atoms with Gasteiger partial charge in [-0.1, -0.05) is 11.6 Å². The van der Waals surface area contributed by atoms with E-state index >= 15 is 0 Å². The SMILES string of the molecule is Nc1ccc(C(=O)Nc2cncc(F)c2)cc1Cl. The third kappa shape index (κ3) is 2.75. The minimum atomic E-state index is -0.525. The Kier molecular flexibility index (Phi) is 3.43. The summed E-state index contributed by atoms with van der Waals surface area (Å²) in [6.07, 6.45) is 2.40. The molecular formula is C12H9ClFN3O. The number of aromatic nitrogens is 1. The van der Waals surface area contributed by atoms with Crippen molar-refractivity contribution in [2.45, 2.75) is 0 Å². The van der Waals surface area contributed by atoms with E-state index in [0.29, 0.717) is 16.3 Å². The van der Waals surface area contributed by atoms with Crippen molar-refractivity contribution in [1.82, 2.24) is 4.98 Å². The minimum Gasteiger partial charge on any atom is -0.398 e. The molecule has 0 aliphatic heterocycles. The van der Waals surface area contributed by atoms with Gasteiger partial charge in [-0.05, 0) is 18.2 Å². The number of nitrogens with one attached hydrogen (secondary N) is 1. The van der Waals surface area contributed by atoms with Crippen molar-refractivity contribution in [3.05, 3.63) is 53.1 Å². The number of amides is 1. The number of nitrogens with zero attached hydrogens (tertiary/aromatic N) is 1. The second-order valence-electron chi connectivity index (χ2n) is 3.58. The Bertz CT molecular complexity index is 604. The van der Waals surface area contributed by atoms with Gasteiger partial charge in [-0.2, -0.15) is 0 Å². The van der Waals surface area contributed by atoms with Gasteiger partial charge >= 0.3 is 0 Å². The highest BCUT2D eigenvalue weighted by molar-refractivity contribution is 6.33. The Morgan fingerprint density at radius 3 is 2.78 bits per heavy atom. The Balaban J connectivity index is 2.19. The van der Waals surface area contributed by atoms with Crippen LogP contribution in [-0.4, -0.2) is 10.9 Å². The lowest BCUT2D eigenvalue weighted by Gasteiger charge is -2.06. The molecule has 0 saturated carbocycles. The van der Waals surface area contributed by atoms with E-state index in [2.05, 4.69) is 10.3 Å². The number of benzene rings is 1. The van der Waals surface area contributed by atoms with E-state index in [1.54, 1.807) is 0 Å². The predicted octanol–water partition coefficient (Wildman–Crippen LogP) is 2.71. The first kappa shape index (κ1) is 12.3. The van der Waals surface area contributed by atoms with Crippen LogP contribution in [0.15, 0.2) is 36.7 Å².